The fourth-order valence-electron chi connectivity index (χ4n) is 1.78. The van der Waals surface area contributed by atoms with Gasteiger partial charge >= 0.3 is 5.97 Å². The monoisotopic (exact) mass is 228 g/mol. The van der Waals surface area contributed by atoms with Gasteiger partial charge in [0.1, 0.15) is 0 Å². The summed E-state index contributed by atoms with van der Waals surface area (Å²) in [7, 11) is 0. The molecule has 0 rings (SSSR count). The second-order valence-electron chi connectivity index (χ2n) is 6.41. The molecule has 0 saturated carbocycles. The van der Waals surface area contributed by atoms with Crippen LogP contribution in [0.1, 0.15) is 61.3 Å². The Kier molecular flexibility index (Phi) is 5.51. The van der Waals surface area contributed by atoms with E-state index in [2.05, 4.69) is 41.5 Å². The smallest absolute Gasteiger partial charge is 0.309 e. The second-order valence-corrected chi connectivity index (χ2v) is 6.41. The van der Waals surface area contributed by atoms with E-state index in [1.807, 2.05) is 6.92 Å². The van der Waals surface area contributed by atoms with E-state index in [1.54, 1.807) is 0 Å². The zero-order valence-corrected chi connectivity index (χ0v) is 12.0. The molecule has 0 spiro atoms. The van der Waals surface area contributed by atoms with Crippen LogP contribution >= 0.6 is 0 Å². The lowest BCUT2D eigenvalue weighted by Crippen LogP contribution is -2.35. The van der Waals surface area contributed by atoms with Crippen LogP contribution in [0.2, 0.25) is 0 Å². The van der Waals surface area contributed by atoms with Crippen LogP contribution in [0.25, 0.3) is 0 Å². The maximum Gasteiger partial charge on any atom is 0.309 e. The standard InChI is InChI=1S/C14H28O2/c1-8-14(6,7)11(10-13(3,4)5)12(15)16-9-2/h11H,8-10H2,1-7H3. The molecule has 2 nitrogen and oxygen atoms in total. The summed E-state index contributed by atoms with van der Waals surface area (Å²) in [6.07, 6.45) is 1.87. The van der Waals surface area contributed by atoms with Crippen molar-refractivity contribution in [2.75, 3.05) is 6.61 Å². The Balaban J connectivity index is 4.84. The zero-order chi connectivity index (χ0) is 13.0. The van der Waals surface area contributed by atoms with E-state index in [4.69, 9.17) is 4.74 Å². The predicted molar refractivity (Wildman–Crippen MR) is 68.3 cm³/mol. The van der Waals surface area contributed by atoms with Crippen molar-refractivity contribution < 1.29 is 9.53 Å². The molecule has 16 heavy (non-hydrogen) atoms. The van der Waals surface area contributed by atoms with E-state index in [1.165, 1.54) is 0 Å². The van der Waals surface area contributed by atoms with Gasteiger partial charge in [-0.05, 0) is 24.2 Å². The lowest BCUT2D eigenvalue weighted by molar-refractivity contribution is -0.154. The molecule has 0 aromatic carbocycles. The van der Waals surface area contributed by atoms with Crippen molar-refractivity contribution in [1.29, 1.82) is 0 Å². The van der Waals surface area contributed by atoms with E-state index < -0.39 is 0 Å². The summed E-state index contributed by atoms with van der Waals surface area (Å²) in [5.41, 5.74) is 0.170. The first-order valence-corrected chi connectivity index (χ1v) is 6.30. The van der Waals surface area contributed by atoms with E-state index in [-0.39, 0.29) is 22.7 Å². The third kappa shape index (κ3) is 5.00. The summed E-state index contributed by atoms with van der Waals surface area (Å²) in [6, 6.07) is 0. The summed E-state index contributed by atoms with van der Waals surface area (Å²) in [6.45, 7) is 15.3. The molecule has 2 heteroatoms. The third-order valence-electron chi connectivity index (χ3n) is 3.24. The van der Waals surface area contributed by atoms with Crippen LogP contribution in [-0.2, 0) is 9.53 Å². The Bertz CT molecular complexity index is 223. The Hall–Kier alpha value is -0.530. The lowest BCUT2D eigenvalue weighted by atomic mass is 9.70. The normalized spacial score (nSPS) is 14.7. The van der Waals surface area contributed by atoms with Gasteiger partial charge in [-0.1, -0.05) is 48.0 Å². The van der Waals surface area contributed by atoms with Crippen molar-refractivity contribution in [3.63, 3.8) is 0 Å². The van der Waals surface area contributed by atoms with Gasteiger partial charge < -0.3 is 4.74 Å². The van der Waals surface area contributed by atoms with E-state index in [0.29, 0.717) is 6.61 Å². The zero-order valence-electron chi connectivity index (χ0n) is 12.0. The average molecular weight is 228 g/mol. The Morgan fingerprint density at radius 1 is 1.12 bits per heavy atom. The van der Waals surface area contributed by atoms with Crippen molar-refractivity contribution in [1.82, 2.24) is 0 Å². The number of esters is 1. The van der Waals surface area contributed by atoms with Crippen LogP contribution < -0.4 is 0 Å². The fourth-order valence-corrected chi connectivity index (χ4v) is 1.78. The molecule has 0 aliphatic carbocycles. The molecule has 0 aliphatic heterocycles. The van der Waals surface area contributed by atoms with E-state index >= 15 is 0 Å². The summed E-state index contributed by atoms with van der Waals surface area (Å²) in [4.78, 5) is 12.0. The average Bonchev–Trinajstić information content (AvgIpc) is 2.13. The minimum atomic E-state index is -0.0377. The second kappa shape index (κ2) is 5.70. The van der Waals surface area contributed by atoms with Crippen molar-refractivity contribution in [2.45, 2.75) is 61.3 Å². The van der Waals surface area contributed by atoms with E-state index in [9.17, 15) is 4.79 Å². The van der Waals surface area contributed by atoms with Gasteiger partial charge in [0.05, 0.1) is 12.5 Å². The predicted octanol–water partition coefficient (Wildman–Crippen LogP) is 4.04. The molecule has 0 aliphatic rings. The molecule has 0 heterocycles. The summed E-state index contributed by atoms with van der Waals surface area (Å²) >= 11 is 0. The Labute approximate surface area is 101 Å². The molecule has 1 atom stereocenters. The van der Waals surface area contributed by atoms with Gasteiger partial charge in [-0.3, -0.25) is 4.79 Å². The minimum Gasteiger partial charge on any atom is -0.466 e. The lowest BCUT2D eigenvalue weighted by Gasteiger charge is -2.35. The Morgan fingerprint density at radius 2 is 1.62 bits per heavy atom. The summed E-state index contributed by atoms with van der Waals surface area (Å²) < 4.78 is 5.20. The highest BCUT2D eigenvalue weighted by Crippen LogP contribution is 2.39. The molecule has 96 valence electrons. The largest absolute Gasteiger partial charge is 0.466 e. The number of ether oxygens (including phenoxy) is 1. The van der Waals surface area contributed by atoms with Gasteiger partial charge in [-0.15, -0.1) is 0 Å². The van der Waals surface area contributed by atoms with Crippen molar-refractivity contribution >= 4 is 5.97 Å². The SMILES string of the molecule is CCOC(=O)C(CC(C)(C)C)C(C)(C)CC. The van der Waals surface area contributed by atoms with Crippen molar-refractivity contribution in [3.8, 4) is 0 Å². The van der Waals surface area contributed by atoms with Crippen molar-refractivity contribution in [3.05, 3.63) is 0 Å². The van der Waals surface area contributed by atoms with Crippen LogP contribution in [0.5, 0.6) is 0 Å². The summed E-state index contributed by atoms with van der Waals surface area (Å²) in [5, 5.41) is 0. The topological polar surface area (TPSA) is 26.3 Å². The molecule has 0 radical (unpaired) electrons. The summed E-state index contributed by atoms with van der Waals surface area (Å²) in [5.74, 6) is -0.0401. The maximum atomic E-state index is 12.0. The molecule has 0 aromatic rings. The molecule has 0 fully saturated rings. The quantitative estimate of drug-likeness (QED) is 0.664. The number of hydrogen-bond donors (Lipinski definition) is 0. The molecule has 0 amide bonds. The molecule has 1 unspecified atom stereocenters. The van der Waals surface area contributed by atoms with E-state index in [0.717, 1.165) is 12.8 Å². The first-order valence-electron chi connectivity index (χ1n) is 6.30. The number of hydrogen-bond acceptors (Lipinski definition) is 2. The Morgan fingerprint density at radius 3 is 1.94 bits per heavy atom. The molecule has 0 N–H and O–H groups in total. The van der Waals surface area contributed by atoms with Gasteiger partial charge in [0, 0.05) is 0 Å². The molecular weight excluding hydrogens is 200 g/mol. The van der Waals surface area contributed by atoms with Crippen LogP contribution in [0.3, 0.4) is 0 Å². The van der Waals surface area contributed by atoms with Crippen LogP contribution in [-0.4, -0.2) is 12.6 Å². The number of rotatable bonds is 5. The maximum absolute atomic E-state index is 12.0. The molecule has 0 saturated heterocycles. The van der Waals surface area contributed by atoms with Crippen LogP contribution in [0.15, 0.2) is 0 Å². The fraction of sp³-hybridized carbons (Fsp3) is 0.929. The number of carbonyl (C=O) groups excluding carboxylic acids is 1. The minimum absolute atomic E-state index is 0.00236. The van der Waals surface area contributed by atoms with Crippen molar-refractivity contribution in [2.24, 2.45) is 16.7 Å². The van der Waals surface area contributed by atoms with Gasteiger partial charge in [0.2, 0.25) is 0 Å². The molecular formula is C14H28O2. The van der Waals surface area contributed by atoms with Gasteiger partial charge in [-0.2, -0.15) is 0 Å². The van der Waals surface area contributed by atoms with Gasteiger partial charge in [-0.25, -0.2) is 0 Å². The molecule has 0 bridgehead atoms. The highest BCUT2D eigenvalue weighted by molar-refractivity contribution is 5.73. The third-order valence-corrected chi connectivity index (χ3v) is 3.24. The first-order chi connectivity index (χ1) is 7.14. The van der Waals surface area contributed by atoms with Crippen LogP contribution in [0, 0.1) is 16.7 Å². The molecule has 0 aromatic heterocycles. The number of carbonyl (C=O) groups is 1. The highest BCUT2D eigenvalue weighted by Gasteiger charge is 2.37. The van der Waals surface area contributed by atoms with Gasteiger partial charge in [0.25, 0.3) is 0 Å². The van der Waals surface area contributed by atoms with Crippen LogP contribution in [0.4, 0.5) is 0 Å². The highest BCUT2D eigenvalue weighted by atomic mass is 16.5. The first kappa shape index (κ1) is 15.5. The van der Waals surface area contributed by atoms with Gasteiger partial charge in [0.15, 0.2) is 0 Å².